The molecule has 1 heterocycles. The molecule has 0 radical (unpaired) electrons. The summed E-state index contributed by atoms with van der Waals surface area (Å²) in [4.78, 5) is 39.9. The first-order valence-electron chi connectivity index (χ1n) is 9.49. The number of methoxy groups -OCH3 is 1. The van der Waals surface area contributed by atoms with Crippen LogP contribution in [0.2, 0.25) is 0 Å². The van der Waals surface area contributed by atoms with E-state index in [1.54, 1.807) is 24.3 Å². The molecule has 0 N–H and O–H groups in total. The molecule has 2 aromatic rings. The van der Waals surface area contributed by atoms with Gasteiger partial charge >= 0.3 is 17.8 Å². The van der Waals surface area contributed by atoms with E-state index >= 15 is 0 Å². The number of nitrogens with zero attached hydrogens (tertiary/aromatic N) is 2. The fourth-order valence-corrected chi connectivity index (χ4v) is 3.44. The highest BCUT2D eigenvalue weighted by atomic mass is 16.5. The van der Waals surface area contributed by atoms with E-state index in [2.05, 4.69) is 32.9 Å². The number of hydrogen-bond donors (Lipinski definition) is 0. The SMILES string of the molecule is COc1ccc(N2C(=O)C(=O)N(Cc3c(C)cc(C(C)(C)C)cc3C)C2=O)cc1. The van der Waals surface area contributed by atoms with E-state index < -0.39 is 17.8 Å². The molecule has 6 nitrogen and oxygen atoms in total. The Kier molecular flexibility index (Phi) is 5.22. The van der Waals surface area contributed by atoms with Crippen molar-refractivity contribution in [3.05, 3.63) is 58.7 Å². The van der Waals surface area contributed by atoms with Gasteiger partial charge in [-0.25, -0.2) is 9.69 Å². The second kappa shape index (κ2) is 7.35. The Bertz CT molecular complexity index is 964. The number of benzene rings is 2. The van der Waals surface area contributed by atoms with E-state index in [0.29, 0.717) is 11.4 Å². The summed E-state index contributed by atoms with van der Waals surface area (Å²) >= 11 is 0. The predicted octanol–water partition coefficient (Wildman–Crippen LogP) is 4.10. The smallest absolute Gasteiger partial charge is 0.339 e. The molecule has 0 aliphatic carbocycles. The molecule has 0 unspecified atom stereocenters. The summed E-state index contributed by atoms with van der Waals surface area (Å²) in [6, 6.07) is 9.97. The third-order valence-corrected chi connectivity index (χ3v) is 5.26. The minimum Gasteiger partial charge on any atom is -0.497 e. The molecule has 29 heavy (non-hydrogen) atoms. The second-order valence-electron chi connectivity index (χ2n) is 8.35. The van der Waals surface area contributed by atoms with E-state index in [9.17, 15) is 14.4 Å². The lowest BCUT2D eigenvalue weighted by Crippen LogP contribution is -2.33. The van der Waals surface area contributed by atoms with Crippen LogP contribution in [0.1, 0.15) is 43.0 Å². The number of ether oxygens (including phenoxy) is 1. The molecule has 1 aliphatic rings. The van der Waals surface area contributed by atoms with Gasteiger partial charge in [0.25, 0.3) is 0 Å². The van der Waals surface area contributed by atoms with Crippen molar-refractivity contribution < 1.29 is 19.1 Å². The van der Waals surface area contributed by atoms with Crippen molar-refractivity contribution in [2.24, 2.45) is 0 Å². The average Bonchev–Trinajstić information content (AvgIpc) is 2.86. The lowest BCUT2D eigenvalue weighted by atomic mass is 9.84. The number of carbonyl (C=O) groups is 3. The van der Waals surface area contributed by atoms with Crippen LogP contribution < -0.4 is 9.64 Å². The van der Waals surface area contributed by atoms with Crippen LogP contribution in [0.4, 0.5) is 10.5 Å². The molecule has 3 rings (SSSR count). The second-order valence-corrected chi connectivity index (χ2v) is 8.35. The van der Waals surface area contributed by atoms with Crippen LogP contribution in [-0.4, -0.2) is 29.9 Å². The summed E-state index contributed by atoms with van der Waals surface area (Å²) in [6.07, 6.45) is 0. The normalized spacial score (nSPS) is 14.8. The Morgan fingerprint density at radius 3 is 1.93 bits per heavy atom. The molecule has 2 aromatic carbocycles. The highest BCUT2D eigenvalue weighted by Crippen LogP contribution is 2.30. The molecule has 1 saturated heterocycles. The molecule has 0 aromatic heterocycles. The van der Waals surface area contributed by atoms with Crippen molar-refractivity contribution >= 4 is 23.5 Å². The molecular formula is C23H26N2O4. The minimum absolute atomic E-state index is 0.00549. The first-order chi connectivity index (χ1) is 13.5. The summed E-state index contributed by atoms with van der Waals surface area (Å²) in [7, 11) is 1.53. The van der Waals surface area contributed by atoms with E-state index in [1.165, 1.54) is 12.7 Å². The van der Waals surface area contributed by atoms with Gasteiger partial charge in [-0.2, -0.15) is 0 Å². The van der Waals surface area contributed by atoms with E-state index in [0.717, 1.165) is 26.5 Å². The molecule has 6 heteroatoms. The number of rotatable bonds is 4. The van der Waals surface area contributed by atoms with Gasteiger partial charge in [0.05, 0.1) is 19.3 Å². The molecule has 1 aliphatic heterocycles. The van der Waals surface area contributed by atoms with Crippen molar-refractivity contribution in [2.45, 2.75) is 46.6 Å². The van der Waals surface area contributed by atoms with Gasteiger partial charge in [-0.15, -0.1) is 0 Å². The van der Waals surface area contributed by atoms with Crippen molar-refractivity contribution in [1.29, 1.82) is 0 Å². The first-order valence-corrected chi connectivity index (χ1v) is 9.49. The van der Waals surface area contributed by atoms with Crippen LogP contribution in [0.3, 0.4) is 0 Å². The Labute approximate surface area is 171 Å². The topological polar surface area (TPSA) is 66.9 Å². The van der Waals surface area contributed by atoms with Crippen molar-refractivity contribution in [3.8, 4) is 5.75 Å². The molecule has 0 atom stereocenters. The van der Waals surface area contributed by atoms with Crippen LogP contribution in [0.25, 0.3) is 0 Å². The van der Waals surface area contributed by atoms with Crippen LogP contribution >= 0.6 is 0 Å². The van der Waals surface area contributed by atoms with E-state index in [4.69, 9.17) is 4.74 Å². The van der Waals surface area contributed by atoms with Crippen molar-refractivity contribution in [1.82, 2.24) is 4.90 Å². The number of aryl methyl sites for hydroxylation is 2. The summed E-state index contributed by atoms with van der Waals surface area (Å²) in [5.74, 6) is -1.06. The standard InChI is InChI=1S/C23H26N2O4/c1-14-11-16(23(3,4)5)12-15(2)19(14)13-24-20(26)21(27)25(22(24)28)17-7-9-18(29-6)10-8-17/h7-12H,13H2,1-6H3. The van der Waals surface area contributed by atoms with E-state index in [-0.39, 0.29) is 12.0 Å². The van der Waals surface area contributed by atoms with Crippen molar-refractivity contribution in [2.75, 3.05) is 12.0 Å². The van der Waals surface area contributed by atoms with Gasteiger partial charge < -0.3 is 4.74 Å². The van der Waals surface area contributed by atoms with Gasteiger partial charge in [-0.3, -0.25) is 14.5 Å². The molecule has 1 fully saturated rings. The number of hydrogen-bond acceptors (Lipinski definition) is 4. The van der Waals surface area contributed by atoms with Crippen LogP contribution in [0.5, 0.6) is 5.75 Å². The zero-order valence-electron chi connectivity index (χ0n) is 17.7. The van der Waals surface area contributed by atoms with Crippen LogP contribution in [0, 0.1) is 13.8 Å². The largest absolute Gasteiger partial charge is 0.497 e. The van der Waals surface area contributed by atoms with Gasteiger partial charge in [0.2, 0.25) is 0 Å². The predicted molar refractivity (Wildman–Crippen MR) is 111 cm³/mol. The lowest BCUT2D eigenvalue weighted by molar-refractivity contribution is -0.139. The average molecular weight is 394 g/mol. The zero-order chi connectivity index (χ0) is 21.5. The monoisotopic (exact) mass is 394 g/mol. The fraction of sp³-hybridized carbons (Fsp3) is 0.348. The maximum atomic E-state index is 12.9. The van der Waals surface area contributed by atoms with Crippen LogP contribution in [-0.2, 0) is 21.5 Å². The Morgan fingerprint density at radius 1 is 0.897 bits per heavy atom. The first kappa shape index (κ1) is 20.6. The maximum Gasteiger partial charge on any atom is 0.339 e. The van der Waals surface area contributed by atoms with Gasteiger partial charge in [0, 0.05) is 0 Å². The number of imide groups is 2. The Hall–Kier alpha value is -3.15. The highest BCUT2D eigenvalue weighted by Gasteiger charge is 2.45. The van der Waals surface area contributed by atoms with E-state index in [1.807, 2.05) is 13.8 Å². The molecular weight excluding hydrogens is 368 g/mol. The summed E-state index contributed by atoms with van der Waals surface area (Å²) < 4.78 is 5.10. The minimum atomic E-state index is -0.846. The summed E-state index contributed by atoms with van der Waals surface area (Å²) in [5, 5.41) is 0. The summed E-state index contributed by atoms with van der Waals surface area (Å²) in [6.45, 7) is 10.4. The van der Waals surface area contributed by atoms with Crippen molar-refractivity contribution in [3.63, 3.8) is 0 Å². The summed E-state index contributed by atoms with van der Waals surface area (Å²) in [5.41, 5.74) is 4.38. The Morgan fingerprint density at radius 2 is 1.45 bits per heavy atom. The third-order valence-electron chi connectivity index (χ3n) is 5.26. The van der Waals surface area contributed by atoms with Gasteiger partial charge in [0.15, 0.2) is 0 Å². The molecule has 0 bridgehead atoms. The number of anilines is 1. The fourth-order valence-electron chi connectivity index (χ4n) is 3.44. The third kappa shape index (κ3) is 3.75. The molecule has 0 saturated carbocycles. The molecule has 4 amide bonds. The highest BCUT2D eigenvalue weighted by molar-refractivity contribution is 6.52. The zero-order valence-corrected chi connectivity index (χ0v) is 17.7. The van der Waals surface area contributed by atoms with Gasteiger partial charge in [-0.1, -0.05) is 32.9 Å². The van der Waals surface area contributed by atoms with Gasteiger partial charge in [0.1, 0.15) is 5.75 Å². The van der Waals surface area contributed by atoms with Crippen LogP contribution in [0.15, 0.2) is 36.4 Å². The number of urea groups is 1. The quantitative estimate of drug-likeness (QED) is 0.578. The molecule has 152 valence electrons. The number of carbonyl (C=O) groups excluding carboxylic acids is 3. The maximum absolute atomic E-state index is 12.9. The lowest BCUT2D eigenvalue weighted by Gasteiger charge is -2.23. The van der Waals surface area contributed by atoms with Gasteiger partial charge in [-0.05, 0) is 65.8 Å². The molecule has 0 spiro atoms. The number of amides is 4. The Balaban J connectivity index is 1.91.